The highest BCUT2D eigenvalue weighted by Gasteiger charge is 2.30. The zero-order valence-corrected chi connectivity index (χ0v) is 14.3. The van der Waals surface area contributed by atoms with E-state index in [9.17, 15) is 4.79 Å². The van der Waals surface area contributed by atoms with Gasteiger partial charge in [0.2, 0.25) is 0 Å². The van der Waals surface area contributed by atoms with Gasteiger partial charge in [-0.15, -0.1) is 21.5 Å². The molecule has 1 amide bonds. The fourth-order valence-electron chi connectivity index (χ4n) is 3.88. The average Bonchev–Trinajstić information content (AvgIpc) is 3.20. The fraction of sp³-hybridized carbons (Fsp3) is 0.588. The summed E-state index contributed by atoms with van der Waals surface area (Å²) in [5, 5.41) is 10.3. The van der Waals surface area contributed by atoms with Crippen LogP contribution >= 0.6 is 11.3 Å². The van der Waals surface area contributed by atoms with E-state index in [1.54, 1.807) is 17.7 Å². The fourth-order valence-corrected chi connectivity index (χ4v) is 5.00. The summed E-state index contributed by atoms with van der Waals surface area (Å²) in [6, 6.07) is 0. The number of aromatic nitrogens is 3. The number of piperidine rings is 1. The van der Waals surface area contributed by atoms with Crippen LogP contribution in [0, 0.1) is 0 Å². The molecule has 0 spiro atoms. The molecule has 3 heterocycles. The first kappa shape index (κ1) is 14.9. The van der Waals surface area contributed by atoms with E-state index in [-0.39, 0.29) is 5.91 Å². The predicted molar refractivity (Wildman–Crippen MR) is 89.8 cm³/mol. The minimum atomic E-state index is 0.219. The lowest BCUT2D eigenvalue weighted by molar-refractivity contribution is 0.0702. The standard InChI is InChI=1S/C17H22N4OS/c1-20-11-18-19-16(20)12-5-4-8-21(9-12)17(22)14-10-23-15-7-3-2-6-13(14)15/h10-12H,2-9H2,1H3/t12-/m0/s1. The smallest absolute Gasteiger partial charge is 0.255 e. The minimum absolute atomic E-state index is 0.219. The summed E-state index contributed by atoms with van der Waals surface area (Å²) in [5.74, 6) is 1.51. The molecule has 2 aromatic rings. The van der Waals surface area contributed by atoms with Crippen molar-refractivity contribution in [3.05, 3.63) is 33.5 Å². The van der Waals surface area contributed by atoms with E-state index in [2.05, 4.69) is 15.6 Å². The van der Waals surface area contributed by atoms with Crippen molar-refractivity contribution in [3.63, 3.8) is 0 Å². The van der Waals surface area contributed by atoms with E-state index in [4.69, 9.17) is 0 Å². The van der Waals surface area contributed by atoms with Gasteiger partial charge in [0, 0.05) is 36.3 Å². The number of rotatable bonds is 2. The third-order valence-electron chi connectivity index (χ3n) is 5.11. The molecule has 1 atom stereocenters. The zero-order chi connectivity index (χ0) is 15.8. The third kappa shape index (κ3) is 2.69. The lowest BCUT2D eigenvalue weighted by atomic mass is 9.93. The third-order valence-corrected chi connectivity index (χ3v) is 6.20. The van der Waals surface area contributed by atoms with E-state index in [0.29, 0.717) is 5.92 Å². The Bertz CT molecular complexity index is 720. The lowest BCUT2D eigenvalue weighted by Gasteiger charge is -2.32. The van der Waals surface area contributed by atoms with Crippen LogP contribution in [-0.4, -0.2) is 38.7 Å². The van der Waals surface area contributed by atoms with Gasteiger partial charge < -0.3 is 9.47 Å². The molecular formula is C17H22N4OS. The first-order chi connectivity index (χ1) is 11.2. The van der Waals surface area contributed by atoms with E-state index in [0.717, 1.165) is 50.2 Å². The number of hydrogen-bond acceptors (Lipinski definition) is 4. The molecule has 23 heavy (non-hydrogen) atoms. The quantitative estimate of drug-likeness (QED) is 0.851. The van der Waals surface area contributed by atoms with Crippen molar-refractivity contribution in [1.29, 1.82) is 0 Å². The van der Waals surface area contributed by atoms with Crippen LogP contribution in [0.4, 0.5) is 0 Å². The number of carbonyl (C=O) groups is 1. The van der Waals surface area contributed by atoms with Crippen LogP contribution in [0.2, 0.25) is 0 Å². The second kappa shape index (κ2) is 6.07. The van der Waals surface area contributed by atoms with Gasteiger partial charge in [-0.25, -0.2) is 0 Å². The van der Waals surface area contributed by atoms with Crippen LogP contribution in [-0.2, 0) is 19.9 Å². The Hall–Kier alpha value is -1.69. The van der Waals surface area contributed by atoms with Crippen LogP contribution in [0.5, 0.6) is 0 Å². The Kier molecular flexibility index (Phi) is 3.93. The molecule has 0 bridgehead atoms. The molecule has 0 saturated carbocycles. The van der Waals surface area contributed by atoms with Crippen molar-refractivity contribution >= 4 is 17.2 Å². The van der Waals surface area contributed by atoms with Gasteiger partial charge in [0.1, 0.15) is 12.2 Å². The molecular weight excluding hydrogens is 308 g/mol. The van der Waals surface area contributed by atoms with Crippen molar-refractivity contribution < 1.29 is 4.79 Å². The van der Waals surface area contributed by atoms with Crippen LogP contribution in [0.3, 0.4) is 0 Å². The van der Waals surface area contributed by atoms with Crippen molar-refractivity contribution in [2.45, 2.75) is 44.4 Å². The molecule has 5 nitrogen and oxygen atoms in total. The van der Waals surface area contributed by atoms with Gasteiger partial charge in [-0.3, -0.25) is 4.79 Å². The van der Waals surface area contributed by atoms with Gasteiger partial charge in [-0.1, -0.05) is 0 Å². The summed E-state index contributed by atoms with van der Waals surface area (Å²) < 4.78 is 1.98. The molecule has 0 aromatic carbocycles. The Morgan fingerprint density at radius 2 is 2.17 bits per heavy atom. The van der Waals surface area contributed by atoms with Gasteiger partial charge in [-0.05, 0) is 44.1 Å². The molecule has 0 N–H and O–H groups in total. The highest BCUT2D eigenvalue weighted by Crippen LogP contribution is 2.32. The minimum Gasteiger partial charge on any atom is -0.338 e. The maximum Gasteiger partial charge on any atom is 0.255 e. The largest absolute Gasteiger partial charge is 0.338 e. The van der Waals surface area contributed by atoms with Crippen molar-refractivity contribution in [1.82, 2.24) is 19.7 Å². The second-order valence-electron chi connectivity index (χ2n) is 6.65. The number of hydrogen-bond donors (Lipinski definition) is 0. The second-order valence-corrected chi connectivity index (χ2v) is 7.61. The maximum atomic E-state index is 13.0. The van der Waals surface area contributed by atoms with E-state index in [1.165, 1.54) is 23.3 Å². The Morgan fingerprint density at radius 3 is 3.00 bits per heavy atom. The number of fused-ring (bicyclic) bond motifs is 1. The predicted octanol–water partition coefficient (Wildman–Crippen LogP) is 2.78. The zero-order valence-electron chi connectivity index (χ0n) is 13.5. The Morgan fingerprint density at radius 1 is 1.30 bits per heavy atom. The maximum absolute atomic E-state index is 13.0. The van der Waals surface area contributed by atoms with Crippen LogP contribution in [0.15, 0.2) is 11.7 Å². The van der Waals surface area contributed by atoms with Gasteiger partial charge >= 0.3 is 0 Å². The molecule has 122 valence electrons. The summed E-state index contributed by atoms with van der Waals surface area (Å²) in [6.45, 7) is 1.62. The highest BCUT2D eigenvalue weighted by molar-refractivity contribution is 7.10. The molecule has 1 aliphatic heterocycles. The first-order valence-electron chi connectivity index (χ1n) is 8.46. The molecule has 2 aromatic heterocycles. The van der Waals surface area contributed by atoms with Crippen LogP contribution < -0.4 is 0 Å². The van der Waals surface area contributed by atoms with Crippen molar-refractivity contribution in [2.75, 3.05) is 13.1 Å². The summed E-state index contributed by atoms with van der Waals surface area (Å²) in [6.07, 6.45) is 8.55. The number of amides is 1. The summed E-state index contributed by atoms with van der Waals surface area (Å²) in [4.78, 5) is 16.5. The molecule has 1 saturated heterocycles. The van der Waals surface area contributed by atoms with Crippen LogP contribution in [0.25, 0.3) is 0 Å². The number of aryl methyl sites for hydroxylation is 2. The van der Waals surface area contributed by atoms with E-state index in [1.807, 2.05) is 16.5 Å². The van der Waals surface area contributed by atoms with Gasteiger partial charge in [-0.2, -0.15) is 0 Å². The van der Waals surface area contributed by atoms with Gasteiger partial charge in [0.25, 0.3) is 5.91 Å². The molecule has 1 aliphatic carbocycles. The van der Waals surface area contributed by atoms with Crippen LogP contribution in [0.1, 0.15) is 58.2 Å². The summed E-state index contributed by atoms with van der Waals surface area (Å²) in [5.41, 5.74) is 2.29. The normalized spacial score (nSPS) is 21.3. The number of nitrogens with zero attached hydrogens (tertiary/aromatic N) is 4. The van der Waals surface area contributed by atoms with Crippen molar-refractivity contribution in [2.24, 2.45) is 7.05 Å². The molecule has 1 fully saturated rings. The summed E-state index contributed by atoms with van der Waals surface area (Å²) >= 11 is 1.77. The molecule has 0 unspecified atom stereocenters. The first-order valence-corrected chi connectivity index (χ1v) is 9.34. The van der Waals surface area contributed by atoms with Gasteiger partial charge in [0.15, 0.2) is 0 Å². The topological polar surface area (TPSA) is 51.0 Å². The molecule has 2 aliphatic rings. The lowest BCUT2D eigenvalue weighted by Crippen LogP contribution is -2.40. The Labute approximate surface area is 140 Å². The molecule has 6 heteroatoms. The molecule has 4 rings (SSSR count). The van der Waals surface area contributed by atoms with Gasteiger partial charge in [0.05, 0.1) is 5.56 Å². The average molecular weight is 330 g/mol. The number of thiophene rings is 1. The monoisotopic (exact) mass is 330 g/mol. The highest BCUT2D eigenvalue weighted by atomic mass is 32.1. The summed E-state index contributed by atoms with van der Waals surface area (Å²) in [7, 11) is 1.98. The molecule has 0 radical (unpaired) electrons. The van der Waals surface area contributed by atoms with Crippen molar-refractivity contribution in [3.8, 4) is 0 Å². The van der Waals surface area contributed by atoms with E-state index >= 15 is 0 Å². The Balaban J connectivity index is 1.54. The SMILES string of the molecule is Cn1cnnc1[C@H]1CCCN(C(=O)c2csc3c2CCCC3)C1. The van der Waals surface area contributed by atoms with E-state index < -0.39 is 0 Å². The number of carbonyl (C=O) groups excluding carboxylic acids is 1. The number of likely N-dealkylation sites (tertiary alicyclic amines) is 1.